The predicted octanol–water partition coefficient (Wildman–Crippen LogP) is 4.00. The number of carbonyl (C=O) groups excluding carboxylic acids is 1. The fraction of sp³-hybridized carbons (Fsp3) is 0.556. The van der Waals surface area contributed by atoms with E-state index in [1.807, 2.05) is 32.9 Å². The van der Waals surface area contributed by atoms with Gasteiger partial charge in [0.15, 0.2) is 10.9 Å². The smallest absolute Gasteiger partial charge is 0.323 e. The van der Waals surface area contributed by atoms with Crippen molar-refractivity contribution in [3.8, 4) is 0 Å². The van der Waals surface area contributed by atoms with Gasteiger partial charge in [-0.15, -0.1) is 0 Å². The maximum Gasteiger partial charge on any atom is 0.323 e. The third kappa shape index (κ3) is 3.94. The highest BCUT2D eigenvalue weighted by molar-refractivity contribution is 7.22. The molecule has 2 aliphatic heterocycles. The SMILES string of the molecule is CC.Cc1ccc2nc(NC(=O)N3CCC4(CC3)OCCO4)sc2c1. The van der Waals surface area contributed by atoms with E-state index in [-0.39, 0.29) is 6.03 Å². The van der Waals surface area contributed by atoms with Gasteiger partial charge in [-0.1, -0.05) is 31.3 Å². The minimum Gasteiger partial charge on any atom is -0.347 e. The molecule has 2 amide bonds. The number of amides is 2. The van der Waals surface area contributed by atoms with Crippen LogP contribution in [-0.2, 0) is 9.47 Å². The van der Waals surface area contributed by atoms with Crippen molar-refractivity contribution in [2.75, 3.05) is 31.6 Å². The van der Waals surface area contributed by atoms with Crippen LogP contribution in [0, 0.1) is 6.92 Å². The van der Waals surface area contributed by atoms with Gasteiger partial charge in [0.25, 0.3) is 0 Å². The van der Waals surface area contributed by atoms with Gasteiger partial charge in [0, 0.05) is 25.9 Å². The zero-order valence-corrected chi connectivity index (χ0v) is 15.8. The second kappa shape index (κ2) is 7.68. The van der Waals surface area contributed by atoms with E-state index < -0.39 is 5.79 Å². The van der Waals surface area contributed by atoms with Crippen LogP contribution in [0.3, 0.4) is 0 Å². The number of anilines is 1. The van der Waals surface area contributed by atoms with Gasteiger partial charge >= 0.3 is 6.03 Å². The minimum absolute atomic E-state index is 0.103. The van der Waals surface area contributed by atoms with Gasteiger partial charge in [0.2, 0.25) is 0 Å². The van der Waals surface area contributed by atoms with Gasteiger partial charge in [-0.25, -0.2) is 9.78 Å². The van der Waals surface area contributed by atoms with Crippen LogP contribution in [0.25, 0.3) is 10.2 Å². The normalized spacial score (nSPS) is 18.9. The lowest BCUT2D eigenvalue weighted by Crippen LogP contribution is -2.48. The van der Waals surface area contributed by atoms with Crippen LogP contribution in [0.4, 0.5) is 9.93 Å². The van der Waals surface area contributed by atoms with E-state index in [2.05, 4.69) is 16.4 Å². The molecule has 1 spiro atoms. The molecule has 2 saturated heterocycles. The molecule has 1 aromatic heterocycles. The Morgan fingerprint density at radius 2 is 1.92 bits per heavy atom. The van der Waals surface area contributed by atoms with E-state index in [1.54, 1.807) is 4.90 Å². The number of thiazole rings is 1. The summed E-state index contributed by atoms with van der Waals surface area (Å²) in [5, 5.41) is 3.56. The summed E-state index contributed by atoms with van der Waals surface area (Å²) in [6.07, 6.45) is 1.44. The molecule has 3 heterocycles. The molecule has 25 heavy (non-hydrogen) atoms. The molecule has 2 fully saturated rings. The number of rotatable bonds is 1. The van der Waals surface area contributed by atoms with Crippen LogP contribution in [0.1, 0.15) is 32.3 Å². The van der Waals surface area contributed by atoms with Crippen LogP contribution in [0.5, 0.6) is 0 Å². The molecule has 0 saturated carbocycles. The standard InChI is InChI=1S/C16H19N3O3S.C2H6/c1-11-2-3-12-13(10-11)23-14(17-12)18-15(20)19-6-4-16(5-7-19)21-8-9-22-16;1-2/h2-3,10H,4-9H2,1H3,(H,17,18,20);1-2H3. The van der Waals surface area contributed by atoms with Crippen LogP contribution in [-0.4, -0.2) is 48.0 Å². The van der Waals surface area contributed by atoms with Gasteiger partial charge < -0.3 is 14.4 Å². The number of carbonyl (C=O) groups is 1. The number of likely N-dealkylation sites (tertiary alicyclic amines) is 1. The zero-order valence-electron chi connectivity index (χ0n) is 15.0. The van der Waals surface area contributed by atoms with E-state index in [4.69, 9.17) is 9.47 Å². The average Bonchev–Trinajstić information content (AvgIpc) is 3.23. The first-order valence-electron chi connectivity index (χ1n) is 8.85. The number of ether oxygens (including phenoxy) is 2. The van der Waals surface area contributed by atoms with Crippen LogP contribution in [0.2, 0.25) is 0 Å². The number of nitrogens with zero attached hydrogens (tertiary/aromatic N) is 2. The Hall–Kier alpha value is -1.70. The number of hydrogen-bond acceptors (Lipinski definition) is 5. The van der Waals surface area contributed by atoms with Crippen molar-refractivity contribution in [1.82, 2.24) is 9.88 Å². The lowest BCUT2D eigenvalue weighted by atomic mass is 10.0. The Morgan fingerprint density at radius 3 is 2.60 bits per heavy atom. The summed E-state index contributed by atoms with van der Waals surface area (Å²) in [6, 6.07) is 5.99. The van der Waals surface area contributed by atoms with Crippen LogP contribution < -0.4 is 5.32 Å². The van der Waals surface area contributed by atoms with E-state index >= 15 is 0 Å². The summed E-state index contributed by atoms with van der Waals surface area (Å²) in [5.74, 6) is -0.454. The number of aromatic nitrogens is 1. The number of hydrogen-bond donors (Lipinski definition) is 1. The van der Waals surface area contributed by atoms with E-state index in [0.29, 0.717) is 31.4 Å². The third-order valence-corrected chi connectivity index (χ3v) is 5.32. The van der Waals surface area contributed by atoms with Crippen LogP contribution in [0.15, 0.2) is 18.2 Å². The third-order valence-electron chi connectivity index (χ3n) is 4.38. The van der Waals surface area contributed by atoms with Crippen molar-refractivity contribution < 1.29 is 14.3 Å². The van der Waals surface area contributed by atoms with Gasteiger partial charge in [-0.2, -0.15) is 0 Å². The molecule has 0 atom stereocenters. The molecule has 1 aromatic carbocycles. The molecule has 0 radical (unpaired) electrons. The fourth-order valence-electron chi connectivity index (χ4n) is 3.09. The summed E-state index contributed by atoms with van der Waals surface area (Å²) in [7, 11) is 0. The molecular formula is C18H25N3O3S. The Labute approximate surface area is 152 Å². The highest BCUT2D eigenvalue weighted by atomic mass is 32.1. The second-order valence-electron chi connectivity index (χ2n) is 6.02. The van der Waals surface area contributed by atoms with Crippen LogP contribution >= 0.6 is 11.3 Å². The maximum atomic E-state index is 12.4. The zero-order chi connectivity index (χ0) is 17.9. The first kappa shape index (κ1) is 18.1. The Kier molecular flexibility index (Phi) is 5.56. The molecule has 0 unspecified atom stereocenters. The van der Waals surface area contributed by atoms with E-state index in [1.165, 1.54) is 16.9 Å². The molecule has 136 valence electrons. The molecule has 0 aliphatic carbocycles. The maximum absolute atomic E-state index is 12.4. The van der Waals surface area contributed by atoms with Crippen molar-refractivity contribution in [3.63, 3.8) is 0 Å². The van der Waals surface area contributed by atoms with Crippen molar-refractivity contribution in [3.05, 3.63) is 23.8 Å². The van der Waals surface area contributed by atoms with E-state index in [9.17, 15) is 4.79 Å². The molecule has 4 rings (SSSR count). The molecule has 1 N–H and O–H groups in total. The first-order valence-corrected chi connectivity index (χ1v) is 9.66. The highest BCUT2D eigenvalue weighted by Crippen LogP contribution is 2.32. The van der Waals surface area contributed by atoms with E-state index in [0.717, 1.165) is 23.1 Å². The Bertz CT molecular complexity index is 730. The van der Waals surface area contributed by atoms with Crippen molar-refractivity contribution in [2.45, 2.75) is 39.4 Å². The number of fused-ring (bicyclic) bond motifs is 1. The first-order chi connectivity index (χ1) is 12.1. The molecule has 2 aromatic rings. The van der Waals surface area contributed by atoms with Gasteiger partial charge in [-0.05, 0) is 24.6 Å². The highest BCUT2D eigenvalue weighted by Gasteiger charge is 2.40. The predicted molar refractivity (Wildman–Crippen MR) is 100 cm³/mol. The number of nitrogens with one attached hydrogen (secondary N) is 1. The molecule has 2 aliphatic rings. The number of aryl methyl sites for hydroxylation is 1. The Morgan fingerprint density at radius 1 is 1.24 bits per heavy atom. The van der Waals surface area contributed by atoms with Crippen molar-refractivity contribution >= 4 is 32.7 Å². The van der Waals surface area contributed by atoms with Gasteiger partial charge in [0.1, 0.15) is 0 Å². The summed E-state index contributed by atoms with van der Waals surface area (Å²) in [5.41, 5.74) is 2.11. The number of benzene rings is 1. The number of piperidine rings is 1. The second-order valence-corrected chi connectivity index (χ2v) is 7.05. The van der Waals surface area contributed by atoms with Crippen molar-refractivity contribution in [2.24, 2.45) is 0 Å². The number of urea groups is 1. The minimum atomic E-state index is -0.454. The molecule has 7 heteroatoms. The quantitative estimate of drug-likeness (QED) is 0.832. The molecular weight excluding hydrogens is 338 g/mol. The summed E-state index contributed by atoms with van der Waals surface area (Å²) >= 11 is 1.50. The fourth-order valence-corrected chi connectivity index (χ4v) is 4.05. The lowest BCUT2D eigenvalue weighted by Gasteiger charge is -2.37. The lowest BCUT2D eigenvalue weighted by molar-refractivity contribution is -0.181. The summed E-state index contributed by atoms with van der Waals surface area (Å²) < 4.78 is 12.5. The largest absolute Gasteiger partial charge is 0.347 e. The topological polar surface area (TPSA) is 63.7 Å². The van der Waals surface area contributed by atoms with Gasteiger partial charge in [-0.3, -0.25) is 5.32 Å². The Balaban J connectivity index is 0.000000880. The van der Waals surface area contributed by atoms with Gasteiger partial charge in [0.05, 0.1) is 23.4 Å². The summed E-state index contributed by atoms with van der Waals surface area (Å²) in [4.78, 5) is 18.7. The summed E-state index contributed by atoms with van der Waals surface area (Å²) in [6.45, 7) is 8.62. The van der Waals surface area contributed by atoms with Crippen molar-refractivity contribution in [1.29, 1.82) is 0 Å². The molecule has 0 bridgehead atoms. The average molecular weight is 363 g/mol. The monoisotopic (exact) mass is 363 g/mol. The molecule has 6 nitrogen and oxygen atoms in total.